The number of carbonyl (C=O) groups excluding carboxylic acids is 1. The topological polar surface area (TPSA) is 101 Å². The van der Waals surface area contributed by atoms with Crippen molar-refractivity contribution >= 4 is 27.4 Å². The number of hydrogen-bond acceptors (Lipinski definition) is 6. The van der Waals surface area contributed by atoms with Gasteiger partial charge < -0.3 is 14.9 Å². The van der Waals surface area contributed by atoms with Gasteiger partial charge in [-0.1, -0.05) is 73.6 Å². The van der Waals surface area contributed by atoms with Crippen LogP contribution in [0.5, 0.6) is 0 Å². The molecule has 0 radical (unpaired) electrons. The Morgan fingerprint density at radius 1 is 0.947 bits per heavy atom. The van der Waals surface area contributed by atoms with Crippen molar-refractivity contribution in [1.29, 1.82) is 0 Å². The van der Waals surface area contributed by atoms with E-state index in [0.717, 1.165) is 0 Å². The quantitative estimate of drug-likeness (QED) is 0.0870. The van der Waals surface area contributed by atoms with E-state index in [9.17, 15) is 23.4 Å². The van der Waals surface area contributed by atoms with Crippen LogP contribution in [-0.4, -0.2) is 47.6 Å². The Labute approximate surface area is 238 Å². The van der Waals surface area contributed by atoms with Crippen LogP contribution >= 0.6 is 11.6 Å². The number of ether oxygens (including phenoxy) is 1. The molecule has 0 heterocycles. The number of sulfone groups is 1. The summed E-state index contributed by atoms with van der Waals surface area (Å²) in [5.74, 6) is -0.493. The molecule has 0 aromatic carbocycles. The summed E-state index contributed by atoms with van der Waals surface area (Å²) >= 11 is 6.93. The first kappa shape index (κ1) is 37.1. The van der Waals surface area contributed by atoms with Gasteiger partial charge in [-0.3, -0.25) is 4.79 Å². The summed E-state index contributed by atoms with van der Waals surface area (Å²) in [5, 5.41) is 21.2. The van der Waals surface area contributed by atoms with Gasteiger partial charge in [0.05, 0.1) is 27.1 Å². The lowest BCUT2D eigenvalue weighted by atomic mass is 9.45. The van der Waals surface area contributed by atoms with Crippen LogP contribution in [0.1, 0.15) is 115 Å². The lowest BCUT2D eigenvalue weighted by molar-refractivity contribution is -0.192. The molecule has 6 unspecified atom stereocenters. The molecule has 38 heavy (non-hydrogen) atoms. The number of aliphatic hydroxyl groups is 2. The first-order valence-electron chi connectivity index (χ1n) is 13.8. The number of rotatable bonds is 16. The van der Waals surface area contributed by atoms with E-state index in [2.05, 4.69) is 6.58 Å². The van der Waals surface area contributed by atoms with Crippen LogP contribution in [0.25, 0.3) is 0 Å². The minimum atomic E-state index is -3.85. The fourth-order valence-electron chi connectivity index (χ4n) is 6.50. The van der Waals surface area contributed by atoms with Crippen molar-refractivity contribution in [3.63, 3.8) is 0 Å². The Bertz CT molecular complexity index is 973. The molecule has 8 heteroatoms. The Balaban J connectivity index is 7.49. The van der Waals surface area contributed by atoms with Crippen molar-refractivity contribution in [2.24, 2.45) is 21.7 Å². The summed E-state index contributed by atoms with van der Waals surface area (Å²) in [4.78, 5) is 13.0. The zero-order valence-electron chi connectivity index (χ0n) is 26.0. The van der Waals surface area contributed by atoms with Gasteiger partial charge in [0, 0.05) is 5.41 Å². The summed E-state index contributed by atoms with van der Waals surface area (Å²) in [7, 11) is -2.52. The molecule has 0 fully saturated rings. The number of hydrogen-bond donors (Lipinski definition) is 2. The summed E-state index contributed by atoms with van der Waals surface area (Å²) < 4.78 is 31.9. The number of alkyl halides is 1. The molecular formula is C30H55ClO6S. The van der Waals surface area contributed by atoms with Crippen LogP contribution in [0.15, 0.2) is 23.6 Å². The van der Waals surface area contributed by atoms with Crippen molar-refractivity contribution in [2.75, 3.05) is 7.11 Å². The van der Waals surface area contributed by atoms with Crippen LogP contribution in [0, 0.1) is 21.7 Å². The summed E-state index contributed by atoms with van der Waals surface area (Å²) in [5.41, 5.74) is -3.87. The normalized spacial score (nSPS) is 22.7. The zero-order valence-corrected chi connectivity index (χ0v) is 27.6. The molecule has 6 nitrogen and oxygen atoms in total. The van der Waals surface area contributed by atoms with Gasteiger partial charge in [0.15, 0.2) is 16.1 Å². The smallest absolute Gasteiger partial charge is 0.312 e. The number of carbonyl (C=O) groups is 1. The van der Waals surface area contributed by atoms with Crippen LogP contribution < -0.4 is 0 Å². The maximum Gasteiger partial charge on any atom is 0.312 e. The molecule has 0 aliphatic carbocycles. The molecule has 0 saturated heterocycles. The van der Waals surface area contributed by atoms with Crippen molar-refractivity contribution in [3.05, 3.63) is 23.6 Å². The van der Waals surface area contributed by atoms with Gasteiger partial charge in [0.25, 0.3) is 0 Å². The Kier molecular flexibility index (Phi) is 12.4. The molecule has 0 aliphatic heterocycles. The highest BCUT2D eigenvalue weighted by atomic mass is 35.5. The number of halogens is 1. The molecule has 224 valence electrons. The average Bonchev–Trinajstić information content (AvgIpc) is 2.86. The SMILES string of the molecule is C=CC(=CC)S(=O)(=O)C(C)(CC)CC(C)(C(=O)OC)C(C)(CC)C(C)(CC)CC(C)(C(O)O)C(C)(Cl)CC. The molecule has 0 spiro atoms. The van der Waals surface area contributed by atoms with E-state index in [-0.39, 0.29) is 17.7 Å². The highest BCUT2D eigenvalue weighted by Crippen LogP contribution is 2.64. The Hall–Kier alpha value is -0.890. The van der Waals surface area contributed by atoms with E-state index in [1.165, 1.54) is 19.3 Å². The Morgan fingerprint density at radius 2 is 1.45 bits per heavy atom. The second-order valence-electron chi connectivity index (χ2n) is 12.3. The van der Waals surface area contributed by atoms with Gasteiger partial charge in [0.1, 0.15) is 0 Å². The molecule has 0 amide bonds. The zero-order chi connectivity index (χ0) is 30.6. The first-order chi connectivity index (χ1) is 17.1. The van der Waals surface area contributed by atoms with Gasteiger partial charge in [0.2, 0.25) is 0 Å². The third-order valence-corrected chi connectivity index (χ3v) is 14.2. The minimum absolute atomic E-state index is 0.0148. The van der Waals surface area contributed by atoms with Crippen molar-refractivity contribution < 1.29 is 28.2 Å². The standard InChI is InChI=1S/C30H55ClO6S/c1-14-22(15-2)38(35,36)26(8,17-4)21-28(10,24(34)37-13)29(11,18-5)25(7,16-3)20-27(9,23(32)33)30(12,31)19-6/h14-15,23,32-33H,1,16-21H2,2-13H3. The molecular weight excluding hydrogens is 524 g/mol. The highest BCUT2D eigenvalue weighted by Gasteiger charge is 2.64. The molecule has 6 atom stereocenters. The molecule has 0 bridgehead atoms. The van der Waals surface area contributed by atoms with Crippen LogP contribution in [0.2, 0.25) is 0 Å². The largest absolute Gasteiger partial charge is 0.469 e. The van der Waals surface area contributed by atoms with E-state index >= 15 is 0 Å². The number of aliphatic hydroxyl groups excluding tert-OH is 1. The summed E-state index contributed by atoms with van der Waals surface area (Å²) in [6.07, 6.45) is 3.36. The summed E-state index contributed by atoms with van der Waals surface area (Å²) in [6.45, 7) is 24.2. The van der Waals surface area contributed by atoms with Gasteiger partial charge in [-0.2, -0.15) is 0 Å². The first-order valence-corrected chi connectivity index (χ1v) is 15.6. The summed E-state index contributed by atoms with van der Waals surface area (Å²) in [6, 6.07) is 0. The third-order valence-electron chi connectivity index (χ3n) is 10.8. The maximum absolute atomic E-state index is 13.9. The fraction of sp³-hybridized carbons (Fsp3) is 0.833. The Morgan fingerprint density at radius 3 is 1.74 bits per heavy atom. The van der Waals surface area contributed by atoms with Crippen LogP contribution in [0.4, 0.5) is 0 Å². The third kappa shape index (κ3) is 5.91. The van der Waals surface area contributed by atoms with Crippen molar-refractivity contribution in [2.45, 2.75) is 131 Å². The lowest BCUT2D eigenvalue weighted by Gasteiger charge is -2.60. The fourth-order valence-corrected chi connectivity index (χ4v) is 8.62. The minimum Gasteiger partial charge on any atom is -0.469 e. The molecule has 0 aliphatic rings. The second kappa shape index (κ2) is 12.7. The van der Waals surface area contributed by atoms with Gasteiger partial charge in [-0.25, -0.2) is 8.42 Å². The number of allylic oxidation sites excluding steroid dienone is 2. The van der Waals surface area contributed by atoms with Gasteiger partial charge in [-0.05, 0) is 70.6 Å². The van der Waals surface area contributed by atoms with E-state index in [1.807, 2.05) is 48.5 Å². The van der Waals surface area contributed by atoms with E-state index in [1.54, 1.807) is 27.7 Å². The van der Waals surface area contributed by atoms with Gasteiger partial charge in [-0.15, -0.1) is 11.6 Å². The van der Waals surface area contributed by atoms with Crippen molar-refractivity contribution in [3.8, 4) is 0 Å². The number of methoxy groups -OCH3 is 1. The predicted molar refractivity (Wildman–Crippen MR) is 159 cm³/mol. The molecule has 0 aromatic rings. The average molecular weight is 579 g/mol. The maximum atomic E-state index is 13.9. The molecule has 0 rings (SSSR count). The molecule has 0 saturated carbocycles. The number of esters is 1. The molecule has 0 aromatic heterocycles. The predicted octanol–water partition coefficient (Wildman–Crippen LogP) is 7.18. The van der Waals surface area contributed by atoms with Crippen LogP contribution in [-0.2, 0) is 19.4 Å². The van der Waals surface area contributed by atoms with E-state index < -0.39 is 53.4 Å². The highest BCUT2D eigenvalue weighted by molar-refractivity contribution is 7.96. The van der Waals surface area contributed by atoms with Gasteiger partial charge >= 0.3 is 5.97 Å². The van der Waals surface area contributed by atoms with E-state index in [0.29, 0.717) is 25.7 Å². The van der Waals surface area contributed by atoms with Crippen molar-refractivity contribution in [1.82, 2.24) is 0 Å². The lowest BCUT2D eigenvalue weighted by Crippen LogP contribution is -2.60. The molecule has 2 N–H and O–H groups in total. The van der Waals surface area contributed by atoms with E-state index in [4.69, 9.17) is 16.3 Å². The second-order valence-corrected chi connectivity index (χ2v) is 15.6. The monoisotopic (exact) mass is 578 g/mol. The van der Waals surface area contributed by atoms with Crippen LogP contribution in [0.3, 0.4) is 0 Å².